The minimum atomic E-state index is -4.23. The van der Waals surface area contributed by atoms with E-state index in [0.29, 0.717) is 12.0 Å². The lowest BCUT2D eigenvalue weighted by Crippen LogP contribution is -2.16. The number of nitrogens with one attached hydrogen (secondary N) is 2. The summed E-state index contributed by atoms with van der Waals surface area (Å²) in [6, 6.07) is 5.80. The van der Waals surface area contributed by atoms with E-state index in [-0.39, 0.29) is 23.1 Å². The van der Waals surface area contributed by atoms with Crippen molar-refractivity contribution in [3.63, 3.8) is 0 Å². The Kier molecular flexibility index (Phi) is 6.91. The number of benzene rings is 2. The van der Waals surface area contributed by atoms with Crippen molar-refractivity contribution in [1.82, 2.24) is 4.98 Å². The van der Waals surface area contributed by atoms with E-state index in [1.807, 2.05) is 0 Å². The molecule has 0 bridgehead atoms. The van der Waals surface area contributed by atoms with Crippen LogP contribution in [0.4, 0.5) is 20.3 Å². The van der Waals surface area contributed by atoms with Gasteiger partial charge in [-0.3, -0.25) is 4.72 Å². The summed E-state index contributed by atoms with van der Waals surface area (Å²) in [6.07, 6.45) is 0.369. The summed E-state index contributed by atoms with van der Waals surface area (Å²) in [5.74, 6) is -1.42. The zero-order chi connectivity index (χ0) is 21.9. The van der Waals surface area contributed by atoms with E-state index in [9.17, 15) is 17.2 Å². The normalized spacial score (nSPS) is 12.6. The van der Waals surface area contributed by atoms with Gasteiger partial charge in [0.05, 0.1) is 22.3 Å². The van der Waals surface area contributed by atoms with Gasteiger partial charge in [0.1, 0.15) is 16.5 Å². The van der Waals surface area contributed by atoms with Gasteiger partial charge in [-0.2, -0.15) is 0 Å². The Morgan fingerprint density at radius 1 is 1.23 bits per heavy atom. The van der Waals surface area contributed by atoms with Crippen molar-refractivity contribution < 1.29 is 22.3 Å². The van der Waals surface area contributed by atoms with Crippen molar-refractivity contribution in [3.05, 3.63) is 69.0 Å². The number of halogens is 3. The van der Waals surface area contributed by atoms with E-state index < -0.39 is 32.6 Å². The van der Waals surface area contributed by atoms with Gasteiger partial charge in [-0.05, 0) is 37.1 Å². The van der Waals surface area contributed by atoms with Gasteiger partial charge in [-0.25, -0.2) is 22.2 Å². The molecule has 1 aromatic heterocycles. The fourth-order valence-electron chi connectivity index (χ4n) is 2.82. The topological polar surface area (TPSA) is 91.3 Å². The van der Waals surface area contributed by atoms with Crippen molar-refractivity contribution >= 4 is 44.5 Å². The molecule has 0 unspecified atom stereocenters. The maximum absolute atomic E-state index is 14.6. The lowest BCUT2D eigenvalue weighted by atomic mass is 10.0. The highest BCUT2D eigenvalue weighted by molar-refractivity contribution is 7.92. The lowest BCUT2D eigenvalue weighted by Gasteiger charge is -2.19. The molecule has 3 N–H and O–H groups in total. The van der Waals surface area contributed by atoms with Crippen LogP contribution in [0.2, 0.25) is 5.02 Å². The molecule has 30 heavy (non-hydrogen) atoms. The second kappa shape index (κ2) is 9.25. The third-order valence-corrected chi connectivity index (χ3v) is 6.55. The number of thiazole rings is 1. The zero-order valence-corrected chi connectivity index (χ0v) is 18.1. The number of aliphatic hydroxyl groups is 1. The van der Waals surface area contributed by atoms with Crippen molar-refractivity contribution in [3.8, 4) is 0 Å². The molecule has 0 aliphatic rings. The average molecular weight is 474 g/mol. The van der Waals surface area contributed by atoms with E-state index in [0.717, 1.165) is 17.7 Å². The highest BCUT2D eigenvalue weighted by Crippen LogP contribution is 2.32. The van der Waals surface area contributed by atoms with Gasteiger partial charge in [0.2, 0.25) is 0 Å². The molecule has 0 saturated heterocycles. The van der Waals surface area contributed by atoms with Crippen LogP contribution in [-0.2, 0) is 16.4 Å². The molecule has 160 valence electrons. The first-order valence-corrected chi connectivity index (χ1v) is 11.6. The van der Waals surface area contributed by atoms with Crippen LogP contribution < -0.4 is 10.0 Å². The van der Waals surface area contributed by atoms with Gasteiger partial charge < -0.3 is 10.4 Å². The Balaban J connectivity index is 1.86. The van der Waals surface area contributed by atoms with E-state index in [1.165, 1.54) is 28.3 Å². The minimum absolute atomic E-state index is 0.0474. The smallest absolute Gasteiger partial charge is 0.266 e. The minimum Gasteiger partial charge on any atom is -0.396 e. The quantitative estimate of drug-likeness (QED) is 0.445. The first kappa shape index (κ1) is 22.4. The number of aromatic nitrogens is 1. The zero-order valence-electron chi connectivity index (χ0n) is 15.7. The molecule has 0 aliphatic carbocycles. The largest absolute Gasteiger partial charge is 0.396 e. The Bertz CT molecular complexity index is 1140. The molecule has 3 aromatic rings. The van der Waals surface area contributed by atoms with E-state index in [2.05, 4.69) is 15.0 Å². The maximum Gasteiger partial charge on any atom is 0.266 e. The Labute approximate surface area is 181 Å². The fraction of sp³-hybridized carbons (Fsp3) is 0.211. The van der Waals surface area contributed by atoms with Crippen LogP contribution in [0.5, 0.6) is 0 Å². The number of hydrogen-bond acceptors (Lipinski definition) is 6. The van der Waals surface area contributed by atoms with E-state index >= 15 is 0 Å². The number of rotatable bonds is 8. The van der Waals surface area contributed by atoms with E-state index in [1.54, 1.807) is 19.1 Å². The summed E-state index contributed by atoms with van der Waals surface area (Å²) in [6.45, 7) is 1.58. The molecule has 0 amide bonds. The molecule has 0 saturated carbocycles. The van der Waals surface area contributed by atoms with Crippen LogP contribution in [0.1, 0.15) is 24.1 Å². The summed E-state index contributed by atoms with van der Waals surface area (Å²) in [5, 5.41) is 13.4. The van der Waals surface area contributed by atoms with E-state index in [4.69, 9.17) is 16.7 Å². The maximum atomic E-state index is 14.6. The lowest BCUT2D eigenvalue weighted by molar-refractivity contribution is 0.299. The molecule has 2 aromatic carbocycles. The van der Waals surface area contributed by atoms with Crippen LogP contribution in [0, 0.1) is 11.6 Å². The number of nitrogens with zero attached hydrogens (tertiary/aromatic N) is 1. The molecule has 1 atom stereocenters. The number of sulfonamides is 1. The molecule has 1 heterocycles. The number of aliphatic hydroxyl groups excluding tert-OH is 1. The molecule has 3 rings (SSSR count). The summed E-state index contributed by atoms with van der Waals surface area (Å²) in [4.78, 5) is 3.18. The molecule has 6 nitrogen and oxygen atoms in total. The molecule has 0 spiro atoms. The molecule has 0 fully saturated rings. The average Bonchev–Trinajstić information content (AvgIpc) is 3.18. The fourth-order valence-corrected chi connectivity index (χ4v) is 4.75. The molecule has 11 heteroatoms. The molecular formula is C19H18ClF2N3O3S2. The summed E-state index contributed by atoms with van der Waals surface area (Å²) in [5.41, 5.74) is 2.60. The standard InChI is InChI=1S/C19H18ClF2N3O3S2/c1-11(13-6-12(4-5-26)2-3-15(13)21)24-17-8-16(22)18(7-14(17)20)30(27,28)25-19-9-29-10-23-19/h2-3,6-11,24-26H,4-5H2,1H3/t11-/m0/s1. The third kappa shape index (κ3) is 5.07. The monoisotopic (exact) mass is 473 g/mol. The van der Waals surface area contributed by atoms with Crippen LogP contribution in [0.15, 0.2) is 46.1 Å². The first-order valence-electron chi connectivity index (χ1n) is 8.77. The predicted octanol–water partition coefficient (Wildman–Crippen LogP) is 4.58. The van der Waals surface area contributed by atoms with Crippen LogP contribution in [0.25, 0.3) is 0 Å². The number of anilines is 2. The van der Waals surface area contributed by atoms with Gasteiger partial charge in [0.25, 0.3) is 10.0 Å². The SMILES string of the molecule is C[C@H](Nc1cc(F)c(S(=O)(=O)Nc2cscn2)cc1Cl)c1cc(CCO)ccc1F. The third-order valence-electron chi connectivity index (χ3n) is 4.28. The number of hydrogen-bond donors (Lipinski definition) is 3. The molecule has 0 radical (unpaired) electrons. The molecule has 0 aliphatic heterocycles. The van der Waals surface area contributed by atoms with Crippen molar-refractivity contribution in [1.29, 1.82) is 0 Å². The Morgan fingerprint density at radius 2 is 2.00 bits per heavy atom. The van der Waals surface area contributed by atoms with Gasteiger partial charge in [-0.15, -0.1) is 11.3 Å². The Morgan fingerprint density at radius 3 is 2.67 bits per heavy atom. The summed E-state index contributed by atoms with van der Waals surface area (Å²) >= 11 is 7.36. The predicted molar refractivity (Wildman–Crippen MR) is 114 cm³/mol. The highest BCUT2D eigenvalue weighted by Gasteiger charge is 2.23. The summed E-state index contributed by atoms with van der Waals surface area (Å²) in [7, 11) is -4.23. The van der Waals surface area contributed by atoms with Gasteiger partial charge in [0.15, 0.2) is 5.82 Å². The van der Waals surface area contributed by atoms with Crippen LogP contribution in [-0.4, -0.2) is 25.1 Å². The van der Waals surface area contributed by atoms with Gasteiger partial charge in [-0.1, -0.05) is 23.7 Å². The summed E-state index contributed by atoms with van der Waals surface area (Å²) < 4.78 is 55.9. The second-order valence-electron chi connectivity index (χ2n) is 6.44. The van der Waals surface area contributed by atoms with Gasteiger partial charge >= 0.3 is 0 Å². The Hall–Kier alpha value is -2.27. The van der Waals surface area contributed by atoms with Crippen molar-refractivity contribution in [2.75, 3.05) is 16.6 Å². The van der Waals surface area contributed by atoms with Crippen molar-refractivity contribution in [2.24, 2.45) is 0 Å². The van der Waals surface area contributed by atoms with Crippen LogP contribution in [0.3, 0.4) is 0 Å². The first-order chi connectivity index (χ1) is 14.2. The van der Waals surface area contributed by atoms with Crippen LogP contribution >= 0.6 is 22.9 Å². The second-order valence-corrected chi connectivity index (χ2v) is 9.21. The van der Waals surface area contributed by atoms with Gasteiger partial charge in [0, 0.05) is 17.6 Å². The van der Waals surface area contributed by atoms with Crippen molar-refractivity contribution in [2.45, 2.75) is 24.3 Å². The molecular weight excluding hydrogens is 456 g/mol. The highest BCUT2D eigenvalue weighted by atomic mass is 35.5.